The maximum absolute atomic E-state index is 3.64. The standard InChI is InChI=1S/C18H30N2/c1-14(13-20-7-5-6-8-20)11-19-12-18-10-16(3)15(2)9-17(18)4/h9-10,14,19H,5-8,11-13H2,1-4H3. The number of aryl methyl sites for hydroxylation is 3. The quantitative estimate of drug-likeness (QED) is 0.855. The smallest absolute Gasteiger partial charge is 0.0208 e. The summed E-state index contributed by atoms with van der Waals surface area (Å²) in [5.41, 5.74) is 5.65. The summed E-state index contributed by atoms with van der Waals surface area (Å²) < 4.78 is 0. The van der Waals surface area contributed by atoms with Gasteiger partial charge in [0.05, 0.1) is 0 Å². The second-order valence-corrected chi connectivity index (χ2v) is 6.61. The summed E-state index contributed by atoms with van der Waals surface area (Å²) in [6.07, 6.45) is 2.78. The first-order valence-corrected chi connectivity index (χ1v) is 8.06. The molecule has 1 saturated heterocycles. The van der Waals surface area contributed by atoms with Crippen LogP contribution in [0.15, 0.2) is 12.1 Å². The van der Waals surface area contributed by atoms with Gasteiger partial charge >= 0.3 is 0 Å². The number of nitrogens with zero attached hydrogens (tertiary/aromatic N) is 1. The van der Waals surface area contributed by atoms with Gasteiger partial charge in [0, 0.05) is 13.1 Å². The Balaban J connectivity index is 1.76. The molecule has 112 valence electrons. The van der Waals surface area contributed by atoms with E-state index >= 15 is 0 Å². The van der Waals surface area contributed by atoms with E-state index in [4.69, 9.17) is 0 Å². The van der Waals surface area contributed by atoms with Gasteiger partial charge in [-0.15, -0.1) is 0 Å². The van der Waals surface area contributed by atoms with Crippen LogP contribution in [0.4, 0.5) is 0 Å². The molecule has 1 aromatic rings. The molecule has 2 heteroatoms. The normalized spacial score (nSPS) is 17.6. The highest BCUT2D eigenvalue weighted by Crippen LogP contribution is 2.15. The third kappa shape index (κ3) is 4.32. The monoisotopic (exact) mass is 274 g/mol. The van der Waals surface area contributed by atoms with Crippen LogP contribution in [0.5, 0.6) is 0 Å². The zero-order valence-electron chi connectivity index (χ0n) is 13.6. The molecule has 0 spiro atoms. The largest absolute Gasteiger partial charge is 0.312 e. The Bertz CT molecular complexity index is 433. The second-order valence-electron chi connectivity index (χ2n) is 6.61. The topological polar surface area (TPSA) is 15.3 Å². The van der Waals surface area contributed by atoms with E-state index in [-0.39, 0.29) is 0 Å². The maximum atomic E-state index is 3.64. The molecule has 1 atom stereocenters. The van der Waals surface area contributed by atoms with Gasteiger partial charge in [-0.3, -0.25) is 0 Å². The van der Waals surface area contributed by atoms with Gasteiger partial charge in [-0.25, -0.2) is 0 Å². The Morgan fingerprint density at radius 2 is 1.70 bits per heavy atom. The van der Waals surface area contributed by atoms with Crippen LogP contribution >= 0.6 is 0 Å². The minimum Gasteiger partial charge on any atom is -0.312 e. The molecule has 1 N–H and O–H groups in total. The van der Waals surface area contributed by atoms with E-state index in [2.05, 4.69) is 50.0 Å². The predicted molar refractivity (Wildman–Crippen MR) is 87.2 cm³/mol. The van der Waals surface area contributed by atoms with Crippen LogP contribution in [0.25, 0.3) is 0 Å². The van der Waals surface area contributed by atoms with Crippen LogP contribution < -0.4 is 5.32 Å². The summed E-state index contributed by atoms with van der Waals surface area (Å²) >= 11 is 0. The van der Waals surface area contributed by atoms with Crippen molar-refractivity contribution in [2.45, 2.75) is 47.1 Å². The van der Waals surface area contributed by atoms with Crippen molar-refractivity contribution >= 4 is 0 Å². The SMILES string of the molecule is Cc1cc(C)c(CNCC(C)CN2CCCC2)cc1C. The highest BCUT2D eigenvalue weighted by atomic mass is 15.1. The van der Waals surface area contributed by atoms with Gasteiger partial charge in [-0.2, -0.15) is 0 Å². The summed E-state index contributed by atoms with van der Waals surface area (Å²) in [5.74, 6) is 0.736. The summed E-state index contributed by atoms with van der Waals surface area (Å²) in [7, 11) is 0. The number of benzene rings is 1. The van der Waals surface area contributed by atoms with Crippen molar-refractivity contribution < 1.29 is 0 Å². The van der Waals surface area contributed by atoms with Crippen molar-refractivity contribution in [3.05, 3.63) is 34.4 Å². The zero-order valence-corrected chi connectivity index (χ0v) is 13.6. The van der Waals surface area contributed by atoms with E-state index in [0.717, 1.165) is 19.0 Å². The minimum atomic E-state index is 0.736. The maximum Gasteiger partial charge on any atom is 0.0208 e. The fourth-order valence-corrected chi connectivity index (χ4v) is 3.13. The van der Waals surface area contributed by atoms with Crippen LogP contribution in [-0.4, -0.2) is 31.1 Å². The van der Waals surface area contributed by atoms with Crippen LogP contribution in [0.3, 0.4) is 0 Å². The zero-order chi connectivity index (χ0) is 14.5. The second kappa shape index (κ2) is 7.24. The lowest BCUT2D eigenvalue weighted by Crippen LogP contribution is -2.31. The molecule has 0 saturated carbocycles. The van der Waals surface area contributed by atoms with Crippen LogP contribution in [-0.2, 0) is 6.54 Å². The first kappa shape index (κ1) is 15.5. The van der Waals surface area contributed by atoms with Crippen molar-refractivity contribution in [2.24, 2.45) is 5.92 Å². The molecule has 1 aliphatic heterocycles. The average molecular weight is 274 g/mol. The minimum absolute atomic E-state index is 0.736. The van der Waals surface area contributed by atoms with E-state index < -0.39 is 0 Å². The van der Waals surface area contributed by atoms with Gasteiger partial charge in [0.15, 0.2) is 0 Å². The Morgan fingerprint density at radius 3 is 2.40 bits per heavy atom. The van der Waals surface area contributed by atoms with Crippen molar-refractivity contribution in [2.75, 3.05) is 26.2 Å². The fraction of sp³-hybridized carbons (Fsp3) is 0.667. The molecular formula is C18H30N2. The van der Waals surface area contributed by atoms with E-state index in [0.29, 0.717) is 0 Å². The molecular weight excluding hydrogens is 244 g/mol. The molecule has 2 nitrogen and oxygen atoms in total. The van der Waals surface area contributed by atoms with Crippen molar-refractivity contribution in [1.82, 2.24) is 10.2 Å². The lowest BCUT2D eigenvalue weighted by atomic mass is 10.0. The molecule has 1 fully saturated rings. The number of nitrogens with one attached hydrogen (secondary N) is 1. The van der Waals surface area contributed by atoms with Crippen LogP contribution in [0.2, 0.25) is 0 Å². The van der Waals surface area contributed by atoms with E-state index in [9.17, 15) is 0 Å². The number of hydrogen-bond acceptors (Lipinski definition) is 2. The van der Waals surface area contributed by atoms with Gasteiger partial charge < -0.3 is 10.2 Å². The molecule has 1 unspecified atom stereocenters. The third-order valence-electron chi connectivity index (χ3n) is 4.53. The molecule has 0 aromatic heterocycles. The number of likely N-dealkylation sites (tertiary alicyclic amines) is 1. The lowest BCUT2D eigenvalue weighted by Gasteiger charge is -2.21. The Hall–Kier alpha value is -0.860. The summed E-state index contributed by atoms with van der Waals surface area (Å²) in [4.78, 5) is 2.60. The molecule has 1 aromatic carbocycles. The predicted octanol–water partition coefficient (Wildman–Crippen LogP) is 3.43. The highest BCUT2D eigenvalue weighted by Gasteiger charge is 2.14. The van der Waals surface area contributed by atoms with Crippen LogP contribution in [0, 0.1) is 26.7 Å². The van der Waals surface area contributed by atoms with E-state index in [1.165, 1.54) is 54.7 Å². The van der Waals surface area contributed by atoms with Gasteiger partial charge in [-0.05, 0) is 81.4 Å². The van der Waals surface area contributed by atoms with Gasteiger partial charge in [0.1, 0.15) is 0 Å². The van der Waals surface area contributed by atoms with Gasteiger partial charge in [-0.1, -0.05) is 19.1 Å². The van der Waals surface area contributed by atoms with Crippen molar-refractivity contribution in [3.8, 4) is 0 Å². The number of hydrogen-bond donors (Lipinski definition) is 1. The van der Waals surface area contributed by atoms with Gasteiger partial charge in [0.2, 0.25) is 0 Å². The van der Waals surface area contributed by atoms with Gasteiger partial charge in [0.25, 0.3) is 0 Å². The van der Waals surface area contributed by atoms with Crippen molar-refractivity contribution in [3.63, 3.8) is 0 Å². The Labute approximate surface area is 124 Å². The molecule has 0 radical (unpaired) electrons. The first-order valence-electron chi connectivity index (χ1n) is 8.06. The van der Waals surface area contributed by atoms with Crippen LogP contribution in [0.1, 0.15) is 42.0 Å². The molecule has 0 amide bonds. The fourth-order valence-electron chi connectivity index (χ4n) is 3.13. The molecule has 1 heterocycles. The molecule has 0 bridgehead atoms. The Morgan fingerprint density at radius 1 is 1.05 bits per heavy atom. The first-order chi connectivity index (χ1) is 9.56. The lowest BCUT2D eigenvalue weighted by molar-refractivity contribution is 0.282. The summed E-state index contributed by atoms with van der Waals surface area (Å²) in [6.45, 7) is 14.9. The Kier molecular flexibility index (Phi) is 5.62. The third-order valence-corrected chi connectivity index (χ3v) is 4.53. The number of rotatable bonds is 6. The molecule has 20 heavy (non-hydrogen) atoms. The average Bonchev–Trinajstić information content (AvgIpc) is 2.88. The summed E-state index contributed by atoms with van der Waals surface area (Å²) in [5, 5.41) is 3.64. The van der Waals surface area contributed by atoms with E-state index in [1.54, 1.807) is 0 Å². The molecule has 1 aliphatic rings. The van der Waals surface area contributed by atoms with Crippen molar-refractivity contribution in [1.29, 1.82) is 0 Å². The van der Waals surface area contributed by atoms with E-state index in [1.807, 2.05) is 0 Å². The summed E-state index contributed by atoms with van der Waals surface area (Å²) in [6, 6.07) is 4.64. The highest BCUT2D eigenvalue weighted by molar-refractivity contribution is 5.36. The molecule has 2 rings (SSSR count). The molecule has 0 aliphatic carbocycles.